The highest BCUT2D eigenvalue weighted by Crippen LogP contribution is 2.31. The molecule has 0 saturated carbocycles. The van der Waals surface area contributed by atoms with E-state index < -0.39 is 17.7 Å². The number of alkyl carbamates (subject to hydrolysis) is 1. The third-order valence-corrected chi connectivity index (χ3v) is 6.62. The molecule has 0 aliphatic carbocycles. The summed E-state index contributed by atoms with van der Waals surface area (Å²) in [5.41, 5.74) is 7.63. The molecule has 1 unspecified atom stereocenters. The number of aromatic nitrogens is 6. The van der Waals surface area contributed by atoms with Gasteiger partial charge in [-0.3, -0.25) is 4.79 Å². The van der Waals surface area contributed by atoms with Crippen LogP contribution in [0.2, 0.25) is 0 Å². The van der Waals surface area contributed by atoms with Gasteiger partial charge >= 0.3 is 6.09 Å². The van der Waals surface area contributed by atoms with Gasteiger partial charge in [0.05, 0.1) is 25.6 Å². The number of rotatable bonds is 5. The van der Waals surface area contributed by atoms with E-state index in [4.69, 9.17) is 25.2 Å². The van der Waals surface area contributed by atoms with E-state index in [0.717, 1.165) is 0 Å². The van der Waals surface area contributed by atoms with E-state index in [0.29, 0.717) is 74.2 Å². The molecule has 14 nitrogen and oxygen atoms in total. The largest absolute Gasteiger partial charge is 0.444 e. The van der Waals surface area contributed by atoms with Crippen molar-refractivity contribution in [1.82, 2.24) is 39.7 Å². The number of nitrogens with zero attached hydrogens (tertiary/aromatic N) is 8. The lowest BCUT2D eigenvalue weighted by molar-refractivity contribution is -0.132. The van der Waals surface area contributed by atoms with Crippen molar-refractivity contribution in [3.8, 4) is 11.3 Å². The minimum Gasteiger partial charge on any atom is -0.444 e. The van der Waals surface area contributed by atoms with Crippen LogP contribution in [0.15, 0.2) is 18.7 Å². The van der Waals surface area contributed by atoms with Gasteiger partial charge in [-0.25, -0.2) is 24.7 Å². The van der Waals surface area contributed by atoms with Crippen LogP contribution in [0.1, 0.15) is 40.2 Å². The summed E-state index contributed by atoms with van der Waals surface area (Å²) in [5, 5.41) is 2.64. The molecule has 2 saturated heterocycles. The highest BCUT2D eigenvalue weighted by molar-refractivity contribution is 5.88. The Bertz CT molecular complexity index is 1350. The van der Waals surface area contributed by atoms with Crippen LogP contribution in [0.4, 0.5) is 16.7 Å². The normalized spacial score (nSPS) is 18.8. The predicted octanol–water partition coefficient (Wildman–Crippen LogP) is 1.39. The summed E-state index contributed by atoms with van der Waals surface area (Å²) in [6.07, 6.45) is 5.09. The van der Waals surface area contributed by atoms with E-state index in [9.17, 15) is 9.59 Å². The number of likely N-dealkylation sites (tertiary alicyclic amines) is 1. The fourth-order valence-electron chi connectivity index (χ4n) is 4.73. The van der Waals surface area contributed by atoms with E-state index in [1.165, 1.54) is 0 Å². The topological polar surface area (TPSA) is 167 Å². The molecule has 3 N–H and O–H groups in total. The molecule has 2 aliphatic heterocycles. The minimum atomic E-state index is -0.717. The quantitative estimate of drug-likeness (QED) is 0.482. The van der Waals surface area contributed by atoms with E-state index >= 15 is 0 Å². The van der Waals surface area contributed by atoms with E-state index in [2.05, 4.69) is 25.2 Å². The molecule has 5 heterocycles. The zero-order valence-electron chi connectivity index (χ0n) is 22.6. The van der Waals surface area contributed by atoms with Crippen LogP contribution < -0.4 is 16.0 Å². The molecular weight excluding hydrogens is 504 g/mol. The van der Waals surface area contributed by atoms with Gasteiger partial charge in [0.1, 0.15) is 22.9 Å². The number of carbonyl (C=O) groups excluding carboxylic acids is 2. The number of hydrogen-bond acceptors (Lipinski definition) is 11. The van der Waals surface area contributed by atoms with Crippen molar-refractivity contribution in [3.05, 3.63) is 18.7 Å². The average molecular weight is 539 g/mol. The Kier molecular flexibility index (Phi) is 7.21. The van der Waals surface area contributed by atoms with Crippen molar-refractivity contribution in [2.75, 3.05) is 50.0 Å². The van der Waals surface area contributed by atoms with Crippen molar-refractivity contribution >= 4 is 35.1 Å². The molecule has 208 valence electrons. The molecule has 2 aliphatic rings. The summed E-state index contributed by atoms with van der Waals surface area (Å²) in [4.78, 5) is 51.7. The maximum Gasteiger partial charge on any atom is 0.408 e. The van der Waals surface area contributed by atoms with Gasteiger partial charge in [0.15, 0.2) is 5.65 Å². The Balaban J connectivity index is 1.40. The molecule has 14 heteroatoms. The number of fused-ring (bicyclic) bond motifs is 1. The van der Waals surface area contributed by atoms with E-state index in [-0.39, 0.29) is 17.9 Å². The van der Waals surface area contributed by atoms with Crippen LogP contribution in [0.5, 0.6) is 0 Å². The van der Waals surface area contributed by atoms with Crippen molar-refractivity contribution < 1.29 is 19.1 Å². The lowest BCUT2D eigenvalue weighted by atomic mass is 10.2. The molecule has 5 rings (SSSR count). The van der Waals surface area contributed by atoms with Crippen molar-refractivity contribution in [3.63, 3.8) is 0 Å². The van der Waals surface area contributed by atoms with Crippen LogP contribution in [0.25, 0.3) is 22.4 Å². The first-order valence-electron chi connectivity index (χ1n) is 13.0. The van der Waals surface area contributed by atoms with Gasteiger partial charge < -0.3 is 34.9 Å². The molecule has 0 bridgehead atoms. The summed E-state index contributed by atoms with van der Waals surface area (Å²) in [6, 6.07) is -0.763. The van der Waals surface area contributed by atoms with Gasteiger partial charge in [-0.15, -0.1) is 0 Å². The first-order chi connectivity index (χ1) is 18.6. The smallest absolute Gasteiger partial charge is 0.408 e. The van der Waals surface area contributed by atoms with Crippen LogP contribution in [-0.2, 0) is 14.3 Å². The second kappa shape index (κ2) is 10.6. The summed E-state index contributed by atoms with van der Waals surface area (Å²) in [6.45, 7) is 10.5. The Morgan fingerprint density at radius 2 is 1.85 bits per heavy atom. The zero-order chi connectivity index (χ0) is 27.7. The Morgan fingerprint density at radius 1 is 1.13 bits per heavy atom. The summed E-state index contributed by atoms with van der Waals surface area (Å²) in [5.74, 6) is 0.575. The Labute approximate surface area is 225 Å². The maximum absolute atomic E-state index is 13.1. The number of anilines is 2. The molecule has 3 aromatic rings. The Morgan fingerprint density at radius 3 is 2.54 bits per heavy atom. The zero-order valence-corrected chi connectivity index (χ0v) is 22.6. The van der Waals surface area contributed by atoms with Crippen molar-refractivity contribution in [2.24, 2.45) is 0 Å². The lowest BCUT2D eigenvalue weighted by Gasteiger charge is -2.27. The molecule has 0 spiro atoms. The van der Waals surface area contributed by atoms with E-state index in [1.807, 2.05) is 4.57 Å². The lowest BCUT2D eigenvalue weighted by Crippen LogP contribution is -2.47. The fraction of sp³-hybridized carbons (Fsp3) is 0.560. The molecule has 39 heavy (non-hydrogen) atoms. The highest BCUT2D eigenvalue weighted by Gasteiger charge is 2.33. The van der Waals surface area contributed by atoms with Gasteiger partial charge in [0.2, 0.25) is 17.8 Å². The molecule has 0 aromatic carbocycles. The number of morpholine rings is 1. The number of nitrogen functional groups attached to an aromatic ring is 1. The third kappa shape index (κ3) is 5.85. The number of ether oxygens (including phenoxy) is 2. The van der Waals surface area contributed by atoms with Gasteiger partial charge in [-0.05, 0) is 34.1 Å². The minimum absolute atomic E-state index is 0.0457. The summed E-state index contributed by atoms with van der Waals surface area (Å²) in [7, 11) is 0. The van der Waals surface area contributed by atoms with Crippen molar-refractivity contribution in [1.29, 1.82) is 0 Å². The SMILES string of the molecule is C[C@H](NC(=O)OC(C)(C)C)C(=O)N1CCC(n2cnc3c(-c4cnc(N)nc4)nc(N4CCOCC4)nc32)C1. The highest BCUT2D eigenvalue weighted by atomic mass is 16.6. The number of imidazole rings is 1. The number of nitrogens with one attached hydrogen (secondary N) is 1. The molecule has 0 radical (unpaired) electrons. The standard InChI is InChI=1S/C25H34N10O4/c1-15(30-24(37)39-25(2,3)4)21(36)34-6-5-17(13-34)35-14-29-19-18(16-11-27-22(26)28-12-16)31-23(32-20(19)35)33-7-9-38-10-8-33/h11-12,14-15,17H,5-10,13H2,1-4H3,(H,30,37)(H2,26,27,28)/t15-,17?/m0/s1. The maximum atomic E-state index is 13.1. The number of nitrogens with two attached hydrogens (primary N) is 1. The van der Waals surface area contributed by atoms with Crippen molar-refractivity contribution in [2.45, 2.75) is 51.8 Å². The number of amides is 2. The molecule has 2 fully saturated rings. The first kappa shape index (κ1) is 26.5. The van der Waals surface area contributed by atoms with Crippen LogP contribution in [0.3, 0.4) is 0 Å². The predicted molar refractivity (Wildman–Crippen MR) is 143 cm³/mol. The van der Waals surface area contributed by atoms with Gasteiger partial charge in [-0.2, -0.15) is 4.98 Å². The second-order valence-electron chi connectivity index (χ2n) is 10.7. The van der Waals surface area contributed by atoms with Gasteiger partial charge in [-0.1, -0.05) is 0 Å². The number of hydrogen-bond donors (Lipinski definition) is 2. The van der Waals surface area contributed by atoms with Crippen LogP contribution in [-0.4, -0.2) is 97.4 Å². The monoisotopic (exact) mass is 538 g/mol. The van der Waals surface area contributed by atoms with Crippen LogP contribution in [0, 0.1) is 0 Å². The molecule has 2 amide bonds. The first-order valence-corrected chi connectivity index (χ1v) is 13.0. The van der Waals surface area contributed by atoms with Gasteiger partial charge in [0, 0.05) is 44.1 Å². The third-order valence-electron chi connectivity index (χ3n) is 6.62. The Hall–Kier alpha value is -4.07. The summed E-state index contributed by atoms with van der Waals surface area (Å²) >= 11 is 0. The molecular formula is C25H34N10O4. The second-order valence-corrected chi connectivity index (χ2v) is 10.7. The molecule has 2 atom stereocenters. The summed E-state index contributed by atoms with van der Waals surface area (Å²) < 4.78 is 12.8. The average Bonchev–Trinajstić information content (AvgIpc) is 3.55. The molecule has 3 aromatic heterocycles. The van der Waals surface area contributed by atoms with Crippen LogP contribution >= 0.6 is 0 Å². The number of carbonyl (C=O) groups is 2. The van der Waals surface area contributed by atoms with Gasteiger partial charge in [0.25, 0.3) is 0 Å². The van der Waals surface area contributed by atoms with E-state index in [1.54, 1.807) is 51.3 Å². The fourth-order valence-corrected chi connectivity index (χ4v) is 4.73.